The van der Waals surface area contributed by atoms with Gasteiger partial charge < -0.3 is 0 Å². The van der Waals surface area contributed by atoms with Crippen LogP contribution in [0.15, 0.2) is 22.8 Å². The predicted molar refractivity (Wildman–Crippen MR) is 53.8 cm³/mol. The van der Waals surface area contributed by atoms with Gasteiger partial charge in [-0.2, -0.15) is 5.10 Å². The molecule has 0 N–H and O–H groups in total. The zero-order valence-corrected chi connectivity index (χ0v) is 8.58. The van der Waals surface area contributed by atoms with Crippen molar-refractivity contribution in [2.24, 2.45) is 7.05 Å². The second kappa shape index (κ2) is 2.96. The number of carbonyl (C=O) groups excluding carboxylic acids is 1. The first-order chi connectivity index (χ1) is 6.22. The molecule has 2 rings (SSSR count). The van der Waals surface area contributed by atoms with Gasteiger partial charge in [-0.25, -0.2) is 0 Å². The summed E-state index contributed by atoms with van der Waals surface area (Å²) >= 11 is 3.39. The standard InChI is InChI=1S/C9H7BrN2O/c1-12-9-3-6(5-13)2-8(10)7(9)4-11-12/h2-5H,1H3. The maximum absolute atomic E-state index is 10.6. The van der Waals surface area contributed by atoms with E-state index in [2.05, 4.69) is 21.0 Å². The van der Waals surface area contributed by atoms with Crippen LogP contribution in [0.3, 0.4) is 0 Å². The van der Waals surface area contributed by atoms with E-state index >= 15 is 0 Å². The Labute approximate surface area is 83.5 Å². The fourth-order valence-corrected chi connectivity index (χ4v) is 1.86. The molecule has 0 amide bonds. The number of rotatable bonds is 1. The molecule has 0 spiro atoms. The molecule has 0 radical (unpaired) electrons. The zero-order chi connectivity index (χ0) is 9.42. The third-order valence-corrected chi connectivity index (χ3v) is 2.63. The summed E-state index contributed by atoms with van der Waals surface area (Å²) in [5.41, 5.74) is 1.61. The van der Waals surface area contributed by atoms with E-state index in [4.69, 9.17) is 0 Å². The number of hydrogen-bond donors (Lipinski definition) is 0. The molecule has 13 heavy (non-hydrogen) atoms. The molecule has 0 aliphatic carbocycles. The van der Waals surface area contributed by atoms with Crippen LogP contribution < -0.4 is 0 Å². The van der Waals surface area contributed by atoms with E-state index in [0.29, 0.717) is 5.56 Å². The van der Waals surface area contributed by atoms with Crippen molar-refractivity contribution in [3.8, 4) is 0 Å². The summed E-state index contributed by atoms with van der Waals surface area (Å²) in [6.07, 6.45) is 2.60. The van der Waals surface area contributed by atoms with Gasteiger partial charge in [-0.1, -0.05) is 15.9 Å². The lowest BCUT2D eigenvalue weighted by Gasteiger charge is -1.97. The van der Waals surface area contributed by atoms with Crippen molar-refractivity contribution < 1.29 is 4.79 Å². The van der Waals surface area contributed by atoms with Crippen LogP contribution in [0.2, 0.25) is 0 Å². The number of fused-ring (bicyclic) bond motifs is 1. The van der Waals surface area contributed by atoms with Crippen molar-refractivity contribution in [3.05, 3.63) is 28.4 Å². The molecule has 0 aliphatic rings. The Morgan fingerprint density at radius 3 is 3.00 bits per heavy atom. The van der Waals surface area contributed by atoms with Crippen molar-refractivity contribution >= 4 is 33.1 Å². The fourth-order valence-electron chi connectivity index (χ4n) is 1.29. The SMILES string of the molecule is Cn1ncc2c(Br)cc(C=O)cc21. The van der Waals surface area contributed by atoms with Crippen molar-refractivity contribution in [1.29, 1.82) is 0 Å². The molecule has 0 saturated carbocycles. The molecular formula is C9H7BrN2O. The smallest absolute Gasteiger partial charge is 0.150 e. The average Bonchev–Trinajstić information content (AvgIpc) is 2.48. The topological polar surface area (TPSA) is 34.9 Å². The molecule has 4 heteroatoms. The highest BCUT2D eigenvalue weighted by Crippen LogP contribution is 2.24. The number of benzene rings is 1. The lowest BCUT2D eigenvalue weighted by molar-refractivity contribution is 0.112. The highest BCUT2D eigenvalue weighted by molar-refractivity contribution is 9.10. The van der Waals surface area contributed by atoms with Gasteiger partial charge in [-0.15, -0.1) is 0 Å². The van der Waals surface area contributed by atoms with Gasteiger partial charge in [0.05, 0.1) is 11.7 Å². The van der Waals surface area contributed by atoms with Crippen molar-refractivity contribution in [2.45, 2.75) is 0 Å². The maximum Gasteiger partial charge on any atom is 0.150 e. The summed E-state index contributed by atoms with van der Waals surface area (Å²) in [5.74, 6) is 0. The quantitative estimate of drug-likeness (QED) is 0.714. The van der Waals surface area contributed by atoms with Crippen LogP contribution in [0, 0.1) is 0 Å². The molecule has 2 aromatic rings. The Morgan fingerprint density at radius 2 is 2.31 bits per heavy atom. The second-order valence-corrected chi connectivity index (χ2v) is 3.68. The zero-order valence-electron chi connectivity index (χ0n) is 6.99. The van der Waals surface area contributed by atoms with E-state index < -0.39 is 0 Å². The van der Waals surface area contributed by atoms with Gasteiger partial charge in [0, 0.05) is 22.5 Å². The van der Waals surface area contributed by atoms with Crippen molar-refractivity contribution in [1.82, 2.24) is 9.78 Å². The molecule has 0 fully saturated rings. The summed E-state index contributed by atoms with van der Waals surface area (Å²) in [6.45, 7) is 0. The normalized spacial score (nSPS) is 10.6. The summed E-state index contributed by atoms with van der Waals surface area (Å²) in [4.78, 5) is 10.6. The van der Waals surface area contributed by atoms with Crippen LogP contribution in [-0.2, 0) is 7.05 Å². The number of nitrogens with zero attached hydrogens (tertiary/aromatic N) is 2. The summed E-state index contributed by atoms with van der Waals surface area (Å²) in [5, 5.41) is 5.12. The molecule has 1 aromatic heterocycles. The summed E-state index contributed by atoms with van der Waals surface area (Å²) < 4.78 is 2.65. The van der Waals surface area contributed by atoms with Crippen molar-refractivity contribution in [3.63, 3.8) is 0 Å². The van der Waals surface area contributed by atoms with Crippen LogP contribution in [0.4, 0.5) is 0 Å². The largest absolute Gasteiger partial charge is 0.298 e. The minimum Gasteiger partial charge on any atom is -0.298 e. The van der Waals surface area contributed by atoms with Gasteiger partial charge in [0.1, 0.15) is 6.29 Å². The lowest BCUT2D eigenvalue weighted by atomic mass is 10.2. The Bertz CT molecular complexity index is 476. The van der Waals surface area contributed by atoms with Gasteiger partial charge in [-0.05, 0) is 12.1 Å². The first-order valence-corrected chi connectivity index (χ1v) is 4.58. The number of hydrogen-bond acceptors (Lipinski definition) is 2. The minimum absolute atomic E-state index is 0.656. The van der Waals surface area contributed by atoms with Crippen LogP contribution in [0.25, 0.3) is 10.9 Å². The molecule has 0 unspecified atom stereocenters. The number of aldehydes is 1. The van der Waals surface area contributed by atoms with Gasteiger partial charge in [0.25, 0.3) is 0 Å². The first kappa shape index (κ1) is 8.44. The number of halogens is 1. The Kier molecular flexibility index (Phi) is 1.92. The molecule has 0 bridgehead atoms. The molecular weight excluding hydrogens is 232 g/mol. The highest BCUT2D eigenvalue weighted by atomic mass is 79.9. The van der Waals surface area contributed by atoms with E-state index in [0.717, 1.165) is 21.7 Å². The van der Waals surface area contributed by atoms with Crippen LogP contribution in [-0.4, -0.2) is 16.1 Å². The number of aryl methyl sites for hydroxylation is 1. The maximum atomic E-state index is 10.6. The number of carbonyl (C=O) groups is 1. The minimum atomic E-state index is 0.656. The monoisotopic (exact) mass is 238 g/mol. The average molecular weight is 239 g/mol. The Hall–Kier alpha value is -1.16. The molecule has 0 aliphatic heterocycles. The van der Waals surface area contributed by atoms with Crippen LogP contribution in [0.5, 0.6) is 0 Å². The third kappa shape index (κ3) is 1.27. The Morgan fingerprint density at radius 1 is 1.54 bits per heavy atom. The summed E-state index contributed by atoms with van der Waals surface area (Å²) in [6, 6.07) is 3.61. The van der Waals surface area contributed by atoms with E-state index in [1.54, 1.807) is 16.9 Å². The highest BCUT2D eigenvalue weighted by Gasteiger charge is 2.04. The molecule has 3 nitrogen and oxygen atoms in total. The predicted octanol–water partition coefficient (Wildman–Crippen LogP) is 2.15. The van der Waals surface area contributed by atoms with E-state index in [9.17, 15) is 4.79 Å². The molecule has 66 valence electrons. The van der Waals surface area contributed by atoms with Crippen LogP contribution in [0.1, 0.15) is 10.4 Å². The second-order valence-electron chi connectivity index (χ2n) is 2.82. The molecule has 0 atom stereocenters. The summed E-state index contributed by atoms with van der Waals surface area (Å²) in [7, 11) is 1.85. The molecule has 0 saturated heterocycles. The van der Waals surface area contributed by atoms with Gasteiger partial charge >= 0.3 is 0 Å². The first-order valence-electron chi connectivity index (χ1n) is 3.79. The van der Waals surface area contributed by atoms with Crippen LogP contribution >= 0.6 is 15.9 Å². The van der Waals surface area contributed by atoms with Gasteiger partial charge in [-0.3, -0.25) is 9.48 Å². The third-order valence-electron chi connectivity index (χ3n) is 1.97. The van der Waals surface area contributed by atoms with Gasteiger partial charge in [0.2, 0.25) is 0 Å². The van der Waals surface area contributed by atoms with E-state index in [1.807, 2.05) is 13.1 Å². The number of aromatic nitrogens is 2. The van der Waals surface area contributed by atoms with E-state index in [-0.39, 0.29) is 0 Å². The van der Waals surface area contributed by atoms with Crippen molar-refractivity contribution in [2.75, 3.05) is 0 Å². The molecule has 1 heterocycles. The fraction of sp³-hybridized carbons (Fsp3) is 0.111. The van der Waals surface area contributed by atoms with Gasteiger partial charge in [0.15, 0.2) is 0 Å². The lowest BCUT2D eigenvalue weighted by Crippen LogP contribution is -1.90. The Balaban J connectivity index is 2.87. The van der Waals surface area contributed by atoms with E-state index in [1.165, 1.54) is 0 Å². The molecule has 1 aromatic carbocycles.